The smallest absolute Gasteiger partial charge is 0.264 e. The Morgan fingerprint density at radius 2 is 1.81 bits per heavy atom. The molecule has 26 heavy (non-hydrogen) atoms. The highest BCUT2D eigenvalue weighted by molar-refractivity contribution is 7.92. The first-order valence-electron chi connectivity index (χ1n) is 8.01. The monoisotopic (exact) mass is 378 g/mol. The number of aryl methyl sites for hydroxylation is 1. The molecular formula is C18H22N2O5S. The van der Waals surface area contributed by atoms with Crippen LogP contribution in [0.2, 0.25) is 0 Å². The lowest BCUT2D eigenvalue weighted by Gasteiger charge is -2.25. The van der Waals surface area contributed by atoms with Crippen molar-refractivity contribution >= 4 is 15.7 Å². The van der Waals surface area contributed by atoms with Crippen molar-refractivity contribution in [3.05, 3.63) is 58.5 Å². The van der Waals surface area contributed by atoms with Crippen molar-refractivity contribution in [3.8, 4) is 11.1 Å². The molecule has 0 aliphatic carbocycles. The standard InChI is InChI=1S/C18H22N2O5S/c1-13-11-15(14-7-5-4-6-8-14)12-16(21)20(13)10-9-18(2,17(22)19-23)26(3,24)25/h4-8,11-12,23H,9-10H2,1-3H3,(H,19,22)/t18-/m1/s1. The SMILES string of the molecule is Cc1cc(-c2ccccc2)cc(=O)n1CC[C@](C)(C(=O)NO)S(C)(=O)=O. The lowest BCUT2D eigenvalue weighted by molar-refractivity contribution is -0.131. The van der Waals surface area contributed by atoms with E-state index in [9.17, 15) is 18.0 Å². The average Bonchev–Trinajstić information content (AvgIpc) is 2.59. The molecule has 0 saturated carbocycles. The molecule has 1 aromatic carbocycles. The maximum Gasteiger partial charge on any atom is 0.264 e. The van der Waals surface area contributed by atoms with Gasteiger partial charge >= 0.3 is 0 Å². The largest absolute Gasteiger partial charge is 0.313 e. The van der Waals surface area contributed by atoms with E-state index in [4.69, 9.17) is 5.21 Å². The van der Waals surface area contributed by atoms with E-state index in [1.807, 2.05) is 36.4 Å². The zero-order valence-corrected chi connectivity index (χ0v) is 15.7. The Bertz CT molecular complexity index is 967. The lowest BCUT2D eigenvalue weighted by Crippen LogP contribution is -2.50. The number of sulfone groups is 1. The molecule has 0 radical (unpaired) electrons. The molecule has 0 unspecified atom stereocenters. The Kier molecular flexibility index (Phi) is 5.68. The molecule has 0 spiro atoms. The number of carbonyl (C=O) groups excluding carboxylic acids is 1. The summed E-state index contributed by atoms with van der Waals surface area (Å²) in [6.07, 6.45) is 0.778. The van der Waals surface area contributed by atoms with Crippen LogP contribution in [-0.4, -0.2) is 35.1 Å². The second-order valence-corrected chi connectivity index (χ2v) is 8.88. The molecule has 0 fully saturated rings. The van der Waals surface area contributed by atoms with E-state index in [1.165, 1.54) is 23.0 Å². The van der Waals surface area contributed by atoms with Crippen molar-refractivity contribution in [2.75, 3.05) is 6.26 Å². The lowest BCUT2D eigenvalue weighted by atomic mass is 10.0. The predicted octanol–water partition coefficient (Wildman–Crippen LogP) is 1.52. The van der Waals surface area contributed by atoms with E-state index in [2.05, 4.69) is 0 Å². The topological polar surface area (TPSA) is 105 Å². The van der Waals surface area contributed by atoms with Gasteiger partial charge < -0.3 is 4.57 Å². The summed E-state index contributed by atoms with van der Waals surface area (Å²) in [6.45, 7) is 3.00. The molecule has 8 heteroatoms. The summed E-state index contributed by atoms with van der Waals surface area (Å²) in [6, 6.07) is 12.7. The fraction of sp³-hybridized carbons (Fsp3) is 0.333. The summed E-state index contributed by atoms with van der Waals surface area (Å²) in [5, 5.41) is 8.87. The molecule has 1 atom stereocenters. The van der Waals surface area contributed by atoms with Crippen molar-refractivity contribution in [2.24, 2.45) is 0 Å². The minimum absolute atomic E-state index is 0.0245. The summed E-state index contributed by atoms with van der Waals surface area (Å²) in [5.41, 5.74) is 3.43. The van der Waals surface area contributed by atoms with E-state index in [-0.39, 0.29) is 18.5 Å². The van der Waals surface area contributed by atoms with Crippen LogP contribution >= 0.6 is 0 Å². The van der Waals surface area contributed by atoms with E-state index in [1.54, 1.807) is 6.92 Å². The molecule has 1 aromatic heterocycles. The quantitative estimate of drug-likeness (QED) is 0.586. The number of amides is 1. The van der Waals surface area contributed by atoms with E-state index < -0.39 is 20.5 Å². The third-order valence-corrected chi connectivity index (χ3v) is 6.68. The fourth-order valence-electron chi connectivity index (χ4n) is 2.72. The van der Waals surface area contributed by atoms with Crippen molar-refractivity contribution in [3.63, 3.8) is 0 Å². The molecule has 0 aliphatic rings. The number of hydroxylamine groups is 1. The van der Waals surface area contributed by atoms with Crippen molar-refractivity contribution in [1.82, 2.24) is 10.0 Å². The van der Waals surface area contributed by atoms with E-state index in [0.717, 1.165) is 17.4 Å². The molecule has 2 N–H and O–H groups in total. The van der Waals surface area contributed by atoms with Crippen LogP contribution in [0.25, 0.3) is 11.1 Å². The molecule has 0 bridgehead atoms. The van der Waals surface area contributed by atoms with Gasteiger partial charge in [0.05, 0.1) is 0 Å². The highest BCUT2D eigenvalue weighted by Crippen LogP contribution is 2.23. The molecule has 0 saturated heterocycles. The molecular weight excluding hydrogens is 356 g/mol. The van der Waals surface area contributed by atoms with Gasteiger partial charge in [0.1, 0.15) is 0 Å². The van der Waals surface area contributed by atoms with Gasteiger partial charge in [-0.2, -0.15) is 0 Å². The van der Waals surface area contributed by atoms with Crippen LogP contribution in [0.5, 0.6) is 0 Å². The van der Waals surface area contributed by atoms with Gasteiger partial charge in [-0.15, -0.1) is 0 Å². The molecule has 140 valence electrons. The van der Waals surface area contributed by atoms with Crippen LogP contribution in [0, 0.1) is 6.92 Å². The minimum atomic E-state index is -3.81. The van der Waals surface area contributed by atoms with Gasteiger partial charge in [0.25, 0.3) is 11.5 Å². The predicted molar refractivity (Wildman–Crippen MR) is 98.7 cm³/mol. The van der Waals surface area contributed by atoms with Crippen LogP contribution < -0.4 is 11.0 Å². The second kappa shape index (κ2) is 7.43. The number of benzene rings is 1. The number of carbonyl (C=O) groups is 1. The molecule has 7 nitrogen and oxygen atoms in total. The van der Waals surface area contributed by atoms with Crippen molar-refractivity contribution in [1.29, 1.82) is 0 Å². The van der Waals surface area contributed by atoms with Gasteiger partial charge in [-0.05, 0) is 37.5 Å². The van der Waals surface area contributed by atoms with Gasteiger partial charge in [-0.3, -0.25) is 14.8 Å². The van der Waals surface area contributed by atoms with Crippen molar-refractivity contribution < 1.29 is 18.4 Å². The third-order valence-electron chi connectivity index (χ3n) is 4.65. The fourth-order valence-corrected chi connectivity index (χ4v) is 3.57. The zero-order valence-electron chi connectivity index (χ0n) is 14.9. The first kappa shape index (κ1) is 19.9. The number of aromatic nitrogens is 1. The number of nitrogens with zero attached hydrogens (tertiary/aromatic N) is 1. The van der Waals surface area contributed by atoms with Crippen LogP contribution in [0.15, 0.2) is 47.3 Å². The van der Waals surface area contributed by atoms with Crippen molar-refractivity contribution in [2.45, 2.75) is 31.6 Å². The number of rotatable bonds is 6. The Hall–Kier alpha value is -2.45. The first-order valence-corrected chi connectivity index (χ1v) is 9.90. The van der Waals surface area contributed by atoms with Gasteiger partial charge in [0.15, 0.2) is 14.6 Å². The number of hydrogen-bond donors (Lipinski definition) is 2. The molecule has 2 rings (SSSR count). The highest BCUT2D eigenvalue weighted by atomic mass is 32.2. The van der Waals surface area contributed by atoms with Gasteiger partial charge in [-0.1, -0.05) is 30.3 Å². The number of hydrogen-bond acceptors (Lipinski definition) is 5. The third kappa shape index (κ3) is 3.86. The maximum atomic E-state index is 12.5. The molecule has 1 amide bonds. The summed E-state index contributed by atoms with van der Waals surface area (Å²) in [4.78, 5) is 24.4. The highest BCUT2D eigenvalue weighted by Gasteiger charge is 2.43. The van der Waals surface area contributed by atoms with Gasteiger partial charge in [0, 0.05) is 24.6 Å². The summed E-state index contributed by atoms with van der Waals surface area (Å²) >= 11 is 0. The molecule has 1 heterocycles. The van der Waals surface area contributed by atoms with E-state index in [0.29, 0.717) is 5.69 Å². The summed E-state index contributed by atoms with van der Waals surface area (Å²) in [5.74, 6) is -1.02. The van der Waals surface area contributed by atoms with Gasteiger partial charge in [0.2, 0.25) is 0 Å². The Morgan fingerprint density at radius 3 is 2.31 bits per heavy atom. The Morgan fingerprint density at radius 1 is 1.19 bits per heavy atom. The average molecular weight is 378 g/mol. The van der Waals surface area contributed by atoms with E-state index >= 15 is 0 Å². The Balaban J connectivity index is 2.36. The van der Waals surface area contributed by atoms with Gasteiger partial charge in [-0.25, -0.2) is 13.9 Å². The number of pyridine rings is 1. The normalized spacial score (nSPS) is 13.8. The summed E-state index contributed by atoms with van der Waals surface area (Å²) in [7, 11) is -3.81. The second-order valence-electron chi connectivity index (χ2n) is 6.44. The Labute approximate surface area is 152 Å². The van der Waals surface area contributed by atoms with Crippen LogP contribution in [0.1, 0.15) is 19.0 Å². The van der Waals surface area contributed by atoms with Crippen LogP contribution in [-0.2, 0) is 21.2 Å². The number of nitrogens with one attached hydrogen (secondary N) is 1. The van der Waals surface area contributed by atoms with Crippen LogP contribution in [0.3, 0.4) is 0 Å². The molecule has 0 aliphatic heterocycles. The maximum absolute atomic E-state index is 12.5. The molecule has 2 aromatic rings. The zero-order chi connectivity index (χ0) is 19.5. The minimum Gasteiger partial charge on any atom is -0.313 e. The first-order chi connectivity index (χ1) is 12.1. The van der Waals surface area contributed by atoms with Crippen LogP contribution in [0.4, 0.5) is 0 Å². The summed E-state index contributed by atoms with van der Waals surface area (Å²) < 4.78 is 23.6.